The zero-order valence-corrected chi connectivity index (χ0v) is 19.7. The van der Waals surface area contributed by atoms with E-state index in [1.807, 2.05) is 12.1 Å². The van der Waals surface area contributed by atoms with E-state index in [0.717, 1.165) is 43.7 Å². The molecule has 2 aromatic heterocycles. The highest BCUT2D eigenvalue weighted by molar-refractivity contribution is 6.10. The molecule has 186 valence electrons. The summed E-state index contributed by atoms with van der Waals surface area (Å²) in [6.45, 7) is 1.10. The normalized spacial score (nSPS) is 22.2. The second-order valence-electron chi connectivity index (χ2n) is 9.71. The highest BCUT2D eigenvalue weighted by Crippen LogP contribution is 2.37. The van der Waals surface area contributed by atoms with Gasteiger partial charge < -0.3 is 25.2 Å². The largest absolute Gasteiger partial charge is 0.481 e. The first kappa shape index (κ1) is 23.3. The minimum atomic E-state index is -0.730. The Kier molecular flexibility index (Phi) is 6.70. The van der Waals surface area contributed by atoms with Crippen molar-refractivity contribution in [3.05, 3.63) is 29.6 Å². The number of carboxylic acids is 1. The number of anilines is 2. The van der Waals surface area contributed by atoms with E-state index < -0.39 is 5.97 Å². The van der Waals surface area contributed by atoms with E-state index in [2.05, 4.69) is 15.0 Å². The number of carbonyl (C=O) groups excluding carboxylic acids is 1. The lowest BCUT2D eigenvalue weighted by Gasteiger charge is -2.27. The summed E-state index contributed by atoms with van der Waals surface area (Å²) < 4.78 is 11.4. The summed E-state index contributed by atoms with van der Waals surface area (Å²) in [6.07, 6.45) is 9.02. The van der Waals surface area contributed by atoms with Crippen LogP contribution in [0, 0.1) is 11.8 Å². The number of aromatic nitrogens is 3. The first-order chi connectivity index (χ1) is 17.0. The molecule has 10 nitrogen and oxygen atoms in total. The molecule has 2 saturated carbocycles. The van der Waals surface area contributed by atoms with Crippen molar-refractivity contribution in [3.63, 3.8) is 0 Å². The molecule has 3 heterocycles. The second-order valence-corrected chi connectivity index (χ2v) is 9.71. The van der Waals surface area contributed by atoms with Gasteiger partial charge in [-0.3, -0.25) is 14.6 Å². The number of hydrogen-bond donors (Lipinski definition) is 2. The van der Waals surface area contributed by atoms with Crippen LogP contribution < -0.4 is 20.1 Å². The molecule has 2 fully saturated rings. The molecule has 0 bridgehead atoms. The van der Waals surface area contributed by atoms with Crippen molar-refractivity contribution in [2.75, 3.05) is 30.4 Å². The van der Waals surface area contributed by atoms with E-state index in [4.69, 9.17) is 20.3 Å². The number of aliphatic carboxylic acids is 1. The molecule has 0 spiro atoms. The summed E-state index contributed by atoms with van der Waals surface area (Å²) in [4.78, 5) is 39.0. The summed E-state index contributed by atoms with van der Waals surface area (Å²) in [7, 11) is 0. The van der Waals surface area contributed by atoms with Gasteiger partial charge in [0.1, 0.15) is 18.0 Å². The molecule has 5 rings (SSSR count). The zero-order chi connectivity index (χ0) is 24.4. The summed E-state index contributed by atoms with van der Waals surface area (Å²) in [6, 6.07) is 3.97. The van der Waals surface area contributed by atoms with Gasteiger partial charge in [-0.1, -0.05) is 12.8 Å². The van der Waals surface area contributed by atoms with Gasteiger partial charge in [0.2, 0.25) is 5.88 Å². The number of rotatable bonds is 8. The number of nitrogens with two attached hydrogens (primary N) is 1. The Morgan fingerprint density at radius 1 is 1.14 bits per heavy atom. The van der Waals surface area contributed by atoms with Crippen LogP contribution >= 0.6 is 0 Å². The van der Waals surface area contributed by atoms with Crippen molar-refractivity contribution in [2.45, 2.75) is 57.3 Å². The summed E-state index contributed by atoms with van der Waals surface area (Å²) in [5.41, 5.74) is 7.90. The van der Waals surface area contributed by atoms with E-state index in [-0.39, 0.29) is 48.1 Å². The Hall–Kier alpha value is -3.43. The average Bonchev–Trinajstić information content (AvgIpc) is 3.67. The van der Waals surface area contributed by atoms with Gasteiger partial charge in [0.25, 0.3) is 5.91 Å². The minimum absolute atomic E-state index is 0.0380. The third-order valence-electron chi connectivity index (χ3n) is 7.16. The van der Waals surface area contributed by atoms with Crippen molar-refractivity contribution >= 4 is 23.4 Å². The SMILES string of the molecule is Nc1nc(OCCC2CC2)nc2c1C(=O)N(c1ccc(C3CCC(CC(=O)O)CC3)nc1)CCO2. The zero-order valence-electron chi connectivity index (χ0n) is 19.7. The van der Waals surface area contributed by atoms with Crippen molar-refractivity contribution in [2.24, 2.45) is 11.8 Å². The quantitative estimate of drug-likeness (QED) is 0.580. The molecule has 1 aliphatic heterocycles. The topological polar surface area (TPSA) is 141 Å². The van der Waals surface area contributed by atoms with Gasteiger partial charge >= 0.3 is 12.0 Å². The monoisotopic (exact) mass is 481 g/mol. The summed E-state index contributed by atoms with van der Waals surface area (Å²) in [5, 5.41) is 9.02. The maximum Gasteiger partial charge on any atom is 0.321 e. The van der Waals surface area contributed by atoms with Crippen LogP contribution in [-0.4, -0.2) is 51.7 Å². The van der Waals surface area contributed by atoms with E-state index in [0.29, 0.717) is 24.8 Å². The molecule has 35 heavy (non-hydrogen) atoms. The molecule has 0 radical (unpaired) electrons. The molecule has 0 unspecified atom stereocenters. The standard InChI is InChI=1S/C25H31N5O5/c26-22-21-23(29-25(28-22)35-11-9-15-1-2-15)34-12-10-30(24(21)33)18-7-8-19(27-14-18)17-5-3-16(4-6-17)13-20(31)32/h7-8,14-17H,1-6,9-13H2,(H,31,32)(H2,26,28,29). The third-order valence-corrected chi connectivity index (χ3v) is 7.16. The van der Waals surface area contributed by atoms with E-state index in [1.54, 1.807) is 11.1 Å². The van der Waals surface area contributed by atoms with Gasteiger partial charge in [-0.25, -0.2) is 0 Å². The van der Waals surface area contributed by atoms with Crippen LogP contribution in [0.4, 0.5) is 11.5 Å². The van der Waals surface area contributed by atoms with Gasteiger partial charge in [-0.05, 0) is 56.1 Å². The Labute approximate surface area is 203 Å². The maximum absolute atomic E-state index is 13.4. The predicted molar refractivity (Wildman–Crippen MR) is 128 cm³/mol. The number of amides is 1. The number of nitrogen functional groups attached to an aromatic ring is 1. The number of carboxylic acid groups (broad SMARTS) is 1. The minimum Gasteiger partial charge on any atom is -0.481 e. The number of pyridine rings is 1. The lowest BCUT2D eigenvalue weighted by molar-refractivity contribution is -0.138. The van der Waals surface area contributed by atoms with Crippen LogP contribution in [-0.2, 0) is 4.79 Å². The van der Waals surface area contributed by atoms with Crippen molar-refractivity contribution in [1.29, 1.82) is 0 Å². The Bertz CT molecular complexity index is 1080. The molecule has 3 N–H and O–H groups in total. The highest BCUT2D eigenvalue weighted by atomic mass is 16.5. The average molecular weight is 482 g/mol. The summed E-state index contributed by atoms with van der Waals surface area (Å²) >= 11 is 0. The number of ether oxygens (including phenoxy) is 2. The molecule has 2 aromatic rings. The van der Waals surface area contributed by atoms with Gasteiger partial charge in [-0.2, -0.15) is 9.97 Å². The Morgan fingerprint density at radius 3 is 2.60 bits per heavy atom. The predicted octanol–water partition coefficient (Wildman–Crippen LogP) is 3.42. The first-order valence-electron chi connectivity index (χ1n) is 12.4. The van der Waals surface area contributed by atoms with Gasteiger partial charge in [0.05, 0.1) is 25.0 Å². The lowest BCUT2D eigenvalue weighted by Crippen LogP contribution is -2.33. The smallest absolute Gasteiger partial charge is 0.321 e. The van der Waals surface area contributed by atoms with Crippen LogP contribution in [0.2, 0.25) is 0 Å². The molecular weight excluding hydrogens is 450 g/mol. The van der Waals surface area contributed by atoms with Crippen LogP contribution in [0.5, 0.6) is 11.9 Å². The summed E-state index contributed by atoms with van der Waals surface area (Å²) in [5.74, 6) is 0.404. The molecule has 0 saturated heterocycles. The number of nitrogens with zero attached hydrogens (tertiary/aromatic N) is 4. The third kappa shape index (κ3) is 5.47. The molecule has 2 aliphatic carbocycles. The highest BCUT2D eigenvalue weighted by Gasteiger charge is 2.31. The fourth-order valence-electron chi connectivity index (χ4n) is 4.95. The van der Waals surface area contributed by atoms with Crippen LogP contribution in [0.25, 0.3) is 0 Å². The van der Waals surface area contributed by atoms with E-state index >= 15 is 0 Å². The second kappa shape index (κ2) is 10.1. The molecule has 3 aliphatic rings. The lowest BCUT2D eigenvalue weighted by atomic mass is 9.79. The first-order valence-corrected chi connectivity index (χ1v) is 12.4. The molecule has 0 aromatic carbocycles. The molecule has 10 heteroatoms. The Morgan fingerprint density at radius 2 is 1.91 bits per heavy atom. The van der Waals surface area contributed by atoms with E-state index in [9.17, 15) is 9.59 Å². The van der Waals surface area contributed by atoms with Crippen molar-refractivity contribution in [3.8, 4) is 11.9 Å². The van der Waals surface area contributed by atoms with Gasteiger partial charge in [0.15, 0.2) is 0 Å². The van der Waals surface area contributed by atoms with Crippen molar-refractivity contribution in [1.82, 2.24) is 15.0 Å². The molecule has 0 atom stereocenters. The Balaban J connectivity index is 1.26. The molecular formula is C25H31N5O5. The maximum atomic E-state index is 13.4. The number of hydrogen-bond acceptors (Lipinski definition) is 8. The molecule has 1 amide bonds. The van der Waals surface area contributed by atoms with Gasteiger partial charge in [0, 0.05) is 18.0 Å². The fraction of sp³-hybridized carbons (Fsp3) is 0.560. The van der Waals surface area contributed by atoms with Crippen molar-refractivity contribution < 1.29 is 24.2 Å². The van der Waals surface area contributed by atoms with Crippen LogP contribution in [0.3, 0.4) is 0 Å². The number of fused-ring (bicyclic) bond motifs is 1. The van der Waals surface area contributed by atoms with Crippen LogP contribution in [0.1, 0.15) is 73.3 Å². The fourth-order valence-corrected chi connectivity index (χ4v) is 4.95. The van der Waals surface area contributed by atoms with Crippen LogP contribution in [0.15, 0.2) is 18.3 Å². The van der Waals surface area contributed by atoms with Gasteiger partial charge in [-0.15, -0.1) is 0 Å². The van der Waals surface area contributed by atoms with E-state index in [1.165, 1.54) is 12.8 Å². The number of carbonyl (C=O) groups is 2.